The van der Waals surface area contributed by atoms with E-state index >= 15 is 0 Å². The van der Waals surface area contributed by atoms with E-state index in [-0.39, 0.29) is 5.91 Å². The number of nitrogens with two attached hydrogens (primary N) is 1. The molecule has 0 saturated carbocycles. The topological polar surface area (TPSA) is 64.2 Å². The van der Waals surface area contributed by atoms with E-state index in [9.17, 15) is 4.79 Å². The van der Waals surface area contributed by atoms with Gasteiger partial charge in [0.15, 0.2) is 5.69 Å². The third-order valence-electron chi connectivity index (χ3n) is 4.21. The third-order valence-corrected chi connectivity index (χ3v) is 4.95. The van der Waals surface area contributed by atoms with Gasteiger partial charge in [-0.3, -0.25) is 4.79 Å². The molecule has 122 valence electrons. The van der Waals surface area contributed by atoms with E-state index in [4.69, 9.17) is 28.9 Å². The number of hydrogen-bond donors (Lipinski definition) is 1. The van der Waals surface area contributed by atoms with Crippen molar-refractivity contribution in [2.24, 2.45) is 11.7 Å². The molecule has 23 heavy (non-hydrogen) atoms. The summed E-state index contributed by atoms with van der Waals surface area (Å²) in [5.41, 5.74) is 6.88. The molecule has 0 spiro atoms. The fourth-order valence-electron chi connectivity index (χ4n) is 2.74. The molecule has 0 bridgehead atoms. The van der Waals surface area contributed by atoms with Crippen LogP contribution in [0.5, 0.6) is 0 Å². The Morgan fingerprint density at radius 2 is 1.96 bits per heavy atom. The summed E-state index contributed by atoms with van der Waals surface area (Å²) in [6.07, 6.45) is 3.66. The van der Waals surface area contributed by atoms with Gasteiger partial charge in [0.1, 0.15) is 0 Å². The average Bonchev–Trinajstić information content (AvgIpc) is 3.07. The maximum atomic E-state index is 12.5. The quantitative estimate of drug-likeness (QED) is 0.923. The zero-order chi connectivity index (χ0) is 16.4. The Morgan fingerprint density at radius 3 is 2.61 bits per heavy atom. The van der Waals surface area contributed by atoms with E-state index < -0.39 is 0 Å². The van der Waals surface area contributed by atoms with Crippen molar-refractivity contribution < 1.29 is 4.79 Å². The van der Waals surface area contributed by atoms with Crippen molar-refractivity contribution in [1.29, 1.82) is 0 Å². The first-order chi connectivity index (χ1) is 11.1. The molecule has 5 nitrogen and oxygen atoms in total. The normalized spacial score (nSPS) is 15.9. The van der Waals surface area contributed by atoms with Gasteiger partial charge in [0.25, 0.3) is 5.91 Å². The van der Waals surface area contributed by atoms with E-state index in [1.165, 1.54) is 0 Å². The highest BCUT2D eigenvalue weighted by atomic mass is 35.5. The number of nitrogens with zero attached hydrogens (tertiary/aromatic N) is 3. The van der Waals surface area contributed by atoms with Crippen LogP contribution >= 0.6 is 23.2 Å². The molecular formula is C16H18Cl2N4O. The van der Waals surface area contributed by atoms with Crippen LogP contribution in [0.3, 0.4) is 0 Å². The number of aromatic nitrogens is 2. The lowest BCUT2D eigenvalue weighted by Crippen LogP contribution is -2.40. The summed E-state index contributed by atoms with van der Waals surface area (Å²) in [6, 6.07) is 6.96. The van der Waals surface area contributed by atoms with Crippen LogP contribution in [-0.2, 0) is 0 Å². The van der Waals surface area contributed by atoms with Crippen LogP contribution in [0.2, 0.25) is 10.0 Å². The van der Waals surface area contributed by atoms with Gasteiger partial charge in [-0.05, 0) is 49.6 Å². The van der Waals surface area contributed by atoms with E-state index in [1.54, 1.807) is 29.1 Å². The fraction of sp³-hybridized carbons (Fsp3) is 0.375. The maximum absolute atomic E-state index is 12.5. The van der Waals surface area contributed by atoms with Gasteiger partial charge >= 0.3 is 0 Å². The molecule has 0 unspecified atom stereocenters. The molecule has 7 heteroatoms. The Balaban J connectivity index is 1.74. The van der Waals surface area contributed by atoms with Gasteiger partial charge < -0.3 is 10.6 Å². The number of amides is 1. The number of carbonyl (C=O) groups is 1. The third kappa shape index (κ3) is 3.52. The van der Waals surface area contributed by atoms with Crippen molar-refractivity contribution in [1.82, 2.24) is 14.7 Å². The van der Waals surface area contributed by atoms with Crippen LogP contribution in [-0.4, -0.2) is 40.2 Å². The average molecular weight is 353 g/mol. The molecule has 1 aromatic carbocycles. The summed E-state index contributed by atoms with van der Waals surface area (Å²) in [7, 11) is 0. The standard InChI is InChI=1S/C16H18Cl2N4O/c17-13-2-1-12(9-14(13)18)22-8-5-15(20-22)16(23)21-6-3-11(10-19)4-7-21/h1-2,5,8-9,11H,3-4,6-7,10,19H2. The molecule has 1 saturated heterocycles. The second kappa shape index (κ2) is 6.91. The Labute approximate surface area is 145 Å². The number of piperidine rings is 1. The van der Waals surface area contributed by atoms with Gasteiger partial charge in [-0.2, -0.15) is 5.10 Å². The molecule has 2 heterocycles. The molecule has 1 fully saturated rings. The van der Waals surface area contributed by atoms with Crippen LogP contribution in [0.4, 0.5) is 0 Å². The van der Waals surface area contributed by atoms with Gasteiger partial charge in [0.2, 0.25) is 0 Å². The van der Waals surface area contributed by atoms with Crippen molar-refractivity contribution in [3.8, 4) is 5.69 Å². The highest BCUT2D eigenvalue weighted by Crippen LogP contribution is 2.24. The Morgan fingerprint density at radius 1 is 1.22 bits per heavy atom. The molecule has 3 rings (SSSR count). The zero-order valence-corrected chi connectivity index (χ0v) is 14.1. The summed E-state index contributed by atoms with van der Waals surface area (Å²) >= 11 is 11.9. The van der Waals surface area contributed by atoms with Gasteiger partial charge in [-0.25, -0.2) is 4.68 Å². The smallest absolute Gasteiger partial charge is 0.274 e. The van der Waals surface area contributed by atoms with Crippen molar-refractivity contribution >= 4 is 29.1 Å². The number of benzene rings is 1. The van der Waals surface area contributed by atoms with Crippen LogP contribution in [0.15, 0.2) is 30.5 Å². The summed E-state index contributed by atoms with van der Waals surface area (Å²) in [5, 5.41) is 5.31. The van der Waals surface area contributed by atoms with Gasteiger partial charge in [-0.15, -0.1) is 0 Å². The first-order valence-corrected chi connectivity index (χ1v) is 8.34. The van der Waals surface area contributed by atoms with Gasteiger partial charge in [0.05, 0.1) is 15.7 Å². The predicted molar refractivity (Wildman–Crippen MR) is 91.3 cm³/mol. The zero-order valence-electron chi connectivity index (χ0n) is 12.6. The van der Waals surface area contributed by atoms with Crippen molar-refractivity contribution in [3.05, 3.63) is 46.2 Å². The molecule has 1 aliphatic rings. The predicted octanol–water partition coefficient (Wildman–Crippen LogP) is 2.99. The van der Waals surface area contributed by atoms with E-state index in [1.807, 2.05) is 11.0 Å². The molecule has 0 radical (unpaired) electrons. The van der Waals surface area contributed by atoms with Crippen molar-refractivity contribution in [2.45, 2.75) is 12.8 Å². The first-order valence-electron chi connectivity index (χ1n) is 7.59. The summed E-state index contributed by atoms with van der Waals surface area (Å²) in [4.78, 5) is 14.4. The molecule has 1 amide bonds. The molecule has 0 aliphatic carbocycles. The monoisotopic (exact) mass is 352 g/mol. The van der Waals surface area contributed by atoms with Crippen LogP contribution < -0.4 is 5.73 Å². The maximum Gasteiger partial charge on any atom is 0.274 e. The van der Waals surface area contributed by atoms with Crippen molar-refractivity contribution in [2.75, 3.05) is 19.6 Å². The lowest BCUT2D eigenvalue weighted by molar-refractivity contribution is 0.0687. The first kappa shape index (κ1) is 16.3. The minimum absolute atomic E-state index is 0.0423. The fourth-order valence-corrected chi connectivity index (χ4v) is 3.04. The Hall–Kier alpha value is -1.56. The van der Waals surface area contributed by atoms with Gasteiger partial charge in [0, 0.05) is 19.3 Å². The summed E-state index contributed by atoms with van der Waals surface area (Å²) in [6.45, 7) is 2.16. The highest BCUT2D eigenvalue weighted by Gasteiger charge is 2.24. The molecule has 2 N–H and O–H groups in total. The van der Waals surface area contributed by atoms with E-state index in [0.717, 1.165) is 31.6 Å². The number of halogens is 2. The second-order valence-electron chi connectivity index (χ2n) is 5.72. The largest absolute Gasteiger partial charge is 0.337 e. The number of rotatable bonds is 3. The minimum Gasteiger partial charge on any atom is -0.337 e. The lowest BCUT2D eigenvalue weighted by Gasteiger charge is -2.30. The van der Waals surface area contributed by atoms with E-state index in [0.29, 0.717) is 28.2 Å². The Bertz CT molecular complexity index is 708. The van der Waals surface area contributed by atoms with E-state index in [2.05, 4.69) is 5.10 Å². The lowest BCUT2D eigenvalue weighted by atomic mass is 9.97. The molecular weight excluding hydrogens is 335 g/mol. The number of likely N-dealkylation sites (tertiary alicyclic amines) is 1. The van der Waals surface area contributed by atoms with Crippen LogP contribution in [0.25, 0.3) is 5.69 Å². The summed E-state index contributed by atoms with van der Waals surface area (Å²) in [5.74, 6) is 0.479. The highest BCUT2D eigenvalue weighted by molar-refractivity contribution is 6.42. The van der Waals surface area contributed by atoms with Crippen molar-refractivity contribution in [3.63, 3.8) is 0 Å². The number of carbonyl (C=O) groups excluding carboxylic acids is 1. The molecule has 2 aromatic rings. The molecule has 1 aromatic heterocycles. The van der Waals surface area contributed by atoms with Crippen LogP contribution in [0, 0.1) is 5.92 Å². The second-order valence-corrected chi connectivity index (χ2v) is 6.53. The van der Waals surface area contributed by atoms with Gasteiger partial charge in [-0.1, -0.05) is 23.2 Å². The SMILES string of the molecule is NCC1CCN(C(=O)c2ccn(-c3ccc(Cl)c(Cl)c3)n2)CC1. The van der Waals surface area contributed by atoms with Crippen LogP contribution in [0.1, 0.15) is 23.3 Å². The molecule has 1 aliphatic heterocycles. The molecule has 0 atom stereocenters. The summed E-state index contributed by atoms with van der Waals surface area (Å²) < 4.78 is 1.63. The number of hydrogen-bond acceptors (Lipinski definition) is 3. The minimum atomic E-state index is -0.0423. The Kier molecular flexibility index (Phi) is 4.90.